The van der Waals surface area contributed by atoms with Gasteiger partial charge in [-0.15, -0.1) is 0 Å². The highest BCUT2D eigenvalue weighted by molar-refractivity contribution is 5.40. The average molecular weight is 232 g/mol. The Kier molecular flexibility index (Phi) is 3.32. The van der Waals surface area contributed by atoms with Crippen LogP contribution in [0.2, 0.25) is 0 Å². The summed E-state index contributed by atoms with van der Waals surface area (Å²) < 4.78 is 12.5. The zero-order valence-corrected chi connectivity index (χ0v) is 10.3. The number of aryl methyl sites for hydroxylation is 1. The summed E-state index contributed by atoms with van der Waals surface area (Å²) >= 11 is 0. The van der Waals surface area contributed by atoms with Crippen LogP contribution in [0, 0.1) is 6.92 Å². The van der Waals surface area contributed by atoms with E-state index >= 15 is 0 Å². The number of hydrogen-bond acceptors (Lipinski definition) is 3. The summed E-state index contributed by atoms with van der Waals surface area (Å²) in [6.07, 6.45) is 1.80. The van der Waals surface area contributed by atoms with Gasteiger partial charge >= 0.3 is 0 Å². The summed E-state index contributed by atoms with van der Waals surface area (Å²) in [4.78, 5) is 0. The van der Waals surface area contributed by atoms with Crippen LogP contribution in [-0.2, 0) is 6.54 Å². The van der Waals surface area contributed by atoms with E-state index in [4.69, 9.17) is 9.47 Å². The van der Waals surface area contributed by atoms with Gasteiger partial charge in [-0.3, -0.25) is 4.68 Å². The molecule has 0 amide bonds. The van der Waals surface area contributed by atoms with Crippen LogP contribution in [0.25, 0.3) is 0 Å². The topological polar surface area (TPSA) is 36.3 Å². The number of rotatable bonds is 4. The number of benzene rings is 1. The smallest absolute Gasteiger partial charge is 0.127 e. The van der Waals surface area contributed by atoms with Crippen LogP contribution in [-0.4, -0.2) is 24.0 Å². The van der Waals surface area contributed by atoms with Crippen LogP contribution in [0.1, 0.15) is 11.3 Å². The molecule has 0 saturated carbocycles. The molecule has 2 aromatic rings. The van der Waals surface area contributed by atoms with Crippen LogP contribution in [0.4, 0.5) is 0 Å². The minimum atomic E-state index is 0.700. The van der Waals surface area contributed by atoms with E-state index < -0.39 is 0 Å². The maximum Gasteiger partial charge on any atom is 0.127 e. The fourth-order valence-electron chi connectivity index (χ4n) is 1.71. The molecular weight excluding hydrogens is 216 g/mol. The molecule has 1 aromatic carbocycles. The molecule has 0 aliphatic rings. The van der Waals surface area contributed by atoms with E-state index in [-0.39, 0.29) is 0 Å². The zero-order valence-electron chi connectivity index (χ0n) is 10.3. The first kappa shape index (κ1) is 11.5. The lowest BCUT2D eigenvalue weighted by Crippen LogP contribution is -2.05. The number of nitrogens with zero attached hydrogens (tertiary/aromatic N) is 2. The normalized spacial score (nSPS) is 10.3. The third kappa shape index (κ3) is 2.41. The predicted molar refractivity (Wildman–Crippen MR) is 65.6 cm³/mol. The maximum absolute atomic E-state index is 5.36. The standard InChI is InChI=1S/C13H16N2O2/c1-10-6-7-14-15(10)9-11-4-5-12(16-2)8-13(11)17-3/h4-8H,9H2,1-3H3. The van der Waals surface area contributed by atoms with Gasteiger partial charge in [0.1, 0.15) is 11.5 Å². The number of ether oxygens (including phenoxy) is 2. The molecule has 1 heterocycles. The monoisotopic (exact) mass is 232 g/mol. The Labute approximate surface area is 101 Å². The van der Waals surface area contributed by atoms with Gasteiger partial charge in [0.05, 0.1) is 20.8 Å². The van der Waals surface area contributed by atoms with Crippen molar-refractivity contribution in [2.24, 2.45) is 0 Å². The Bertz CT molecular complexity index is 506. The fourth-order valence-corrected chi connectivity index (χ4v) is 1.71. The van der Waals surface area contributed by atoms with E-state index in [1.54, 1.807) is 20.4 Å². The molecule has 0 spiro atoms. The molecule has 0 unspecified atom stereocenters. The van der Waals surface area contributed by atoms with Gasteiger partial charge in [0, 0.05) is 23.5 Å². The molecular formula is C13H16N2O2. The van der Waals surface area contributed by atoms with Crippen molar-refractivity contribution in [2.45, 2.75) is 13.5 Å². The largest absolute Gasteiger partial charge is 0.497 e. The van der Waals surface area contributed by atoms with E-state index in [9.17, 15) is 0 Å². The van der Waals surface area contributed by atoms with Gasteiger partial charge in [-0.2, -0.15) is 5.10 Å². The van der Waals surface area contributed by atoms with Crippen molar-refractivity contribution in [1.29, 1.82) is 0 Å². The van der Waals surface area contributed by atoms with Crippen LogP contribution in [0.5, 0.6) is 11.5 Å². The summed E-state index contributed by atoms with van der Waals surface area (Å²) in [5.41, 5.74) is 2.21. The first-order valence-electron chi connectivity index (χ1n) is 5.44. The van der Waals surface area contributed by atoms with E-state index in [0.717, 1.165) is 22.8 Å². The SMILES string of the molecule is COc1ccc(Cn2nccc2C)c(OC)c1. The lowest BCUT2D eigenvalue weighted by atomic mass is 10.2. The first-order chi connectivity index (χ1) is 8.24. The molecule has 0 aliphatic heterocycles. The van der Waals surface area contributed by atoms with E-state index in [1.807, 2.05) is 35.9 Å². The van der Waals surface area contributed by atoms with Crippen molar-refractivity contribution < 1.29 is 9.47 Å². The molecule has 0 N–H and O–H groups in total. The predicted octanol–water partition coefficient (Wildman–Crippen LogP) is 2.26. The third-order valence-electron chi connectivity index (χ3n) is 2.74. The molecule has 0 aliphatic carbocycles. The van der Waals surface area contributed by atoms with Crippen molar-refractivity contribution in [3.05, 3.63) is 41.7 Å². The summed E-state index contributed by atoms with van der Waals surface area (Å²) in [5, 5.41) is 4.26. The van der Waals surface area contributed by atoms with Crippen LogP contribution < -0.4 is 9.47 Å². The van der Waals surface area contributed by atoms with Gasteiger partial charge in [0.2, 0.25) is 0 Å². The minimum absolute atomic E-state index is 0.700. The molecule has 0 radical (unpaired) electrons. The molecule has 2 rings (SSSR count). The minimum Gasteiger partial charge on any atom is -0.497 e. The second-order valence-electron chi connectivity index (χ2n) is 3.81. The molecule has 0 fully saturated rings. The molecule has 4 nitrogen and oxygen atoms in total. The van der Waals surface area contributed by atoms with Crippen LogP contribution in [0.15, 0.2) is 30.5 Å². The molecule has 0 saturated heterocycles. The van der Waals surface area contributed by atoms with Gasteiger partial charge in [-0.25, -0.2) is 0 Å². The highest BCUT2D eigenvalue weighted by Gasteiger charge is 2.07. The van der Waals surface area contributed by atoms with Crippen molar-refractivity contribution in [3.8, 4) is 11.5 Å². The zero-order chi connectivity index (χ0) is 12.3. The Morgan fingerprint density at radius 2 is 2.00 bits per heavy atom. The molecule has 90 valence electrons. The Balaban J connectivity index is 2.29. The maximum atomic E-state index is 5.36. The second kappa shape index (κ2) is 4.91. The molecule has 17 heavy (non-hydrogen) atoms. The van der Waals surface area contributed by atoms with E-state index in [1.165, 1.54) is 0 Å². The quantitative estimate of drug-likeness (QED) is 0.811. The Morgan fingerprint density at radius 1 is 1.18 bits per heavy atom. The summed E-state index contributed by atoms with van der Waals surface area (Å²) in [6.45, 7) is 2.73. The van der Waals surface area contributed by atoms with Gasteiger partial charge < -0.3 is 9.47 Å². The average Bonchev–Trinajstić information content (AvgIpc) is 2.75. The molecule has 0 atom stereocenters. The summed E-state index contributed by atoms with van der Waals surface area (Å²) in [7, 11) is 3.31. The molecule has 1 aromatic heterocycles. The number of aromatic nitrogens is 2. The van der Waals surface area contributed by atoms with E-state index in [2.05, 4.69) is 5.10 Å². The molecule has 4 heteroatoms. The Morgan fingerprint density at radius 3 is 2.59 bits per heavy atom. The van der Waals surface area contributed by atoms with Crippen molar-refractivity contribution >= 4 is 0 Å². The van der Waals surface area contributed by atoms with Crippen molar-refractivity contribution in [3.63, 3.8) is 0 Å². The lowest BCUT2D eigenvalue weighted by molar-refractivity contribution is 0.389. The fraction of sp³-hybridized carbons (Fsp3) is 0.308. The summed E-state index contributed by atoms with van der Waals surface area (Å²) in [6, 6.07) is 7.79. The molecule has 0 bridgehead atoms. The van der Waals surface area contributed by atoms with Gasteiger partial charge in [-0.05, 0) is 25.1 Å². The highest BCUT2D eigenvalue weighted by atomic mass is 16.5. The van der Waals surface area contributed by atoms with E-state index in [0.29, 0.717) is 6.54 Å². The van der Waals surface area contributed by atoms with Crippen LogP contribution >= 0.6 is 0 Å². The van der Waals surface area contributed by atoms with Crippen molar-refractivity contribution in [1.82, 2.24) is 9.78 Å². The highest BCUT2D eigenvalue weighted by Crippen LogP contribution is 2.25. The van der Waals surface area contributed by atoms with Crippen molar-refractivity contribution in [2.75, 3.05) is 14.2 Å². The third-order valence-corrected chi connectivity index (χ3v) is 2.74. The summed E-state index contributed by atoms with van der Waals surface area (Å²) in [5.74, 6) is 1.61. The van der Waals surface area contributed by atoms with Crippen LogP contribution in [0.3, 0.4) is 0 Å². The number of methoxy groups -OCH3 is 2. The van der Waals surface area contributed by atoms with Gasteiger partial charge in [-0.1, -0.05) is 0 Å². The Hall–Kier alpha value is -1.97. The van der Waals surface area contributed by atoms with Gasteiger partial charge in [0.25, 0.3) is 0 Å². The first-order valence-corrected chi connectivity index (χ1v) is 5.44. The lowest BCUT2D eigenvalue weighted by Gasteiger charge is -2.11. The second-order valence-corrected chi connectivity index (χ2v) is 3.81. The number of hydrogen-bond donors (Lipinski definition) is 0. The van der Waals surface area contributed by atoms with Gasteiger partial charge in [0.15, 0.2) is 0 Å².